The minimum absolute atomic E-state index is 0.290. The standard InChI is InChI=1S/C18H21N/c1-18(2)12-15-10-6-7-11-16(15)17(18)19-13-14-8-4-3-5-9-14/h3-11,17,19H,12-13H2,1-2H3. The summed E-state index contributed by atoms with van der Waals surface area (Å²) in [5, 5.41) is 3.74. The van der Waals surface area contributed by atoms with Gasteiger partial charge in [-0.2, -0.15) is 0 Å². The van der Waals surface area contributed by atoms with E-state index in [2.05, 4.69) is 73.8 Å². The Morgan fingerprint density at radius 1 is 1.00 bits per heavy atom. The maximum atomic E-state index is 3.74. The number of nitrogens with one attached hydrogen (secondary N) is 1. The van der Waals surface area contributed by atoms with Crippen molar-refractivity contribution in [1.82, 2.24) is 5.32 Å². The Kier molecular flexibility index (Phi) is 3.16. The van der Waals surface area contributed by atoms with E-state index in [4.69, 9.17) is 0 Å². The van der Waals surface area contributed by atoms with Crippen molar-refractivity contribution in [3.05, 3.63) is 71.3 Å². The van der Waals surface area contributed by atoms with Gasteiger partial charge < -0.3 is 5.32 Å². The van der Waals surface area contributed by atoms with Gasteiger partial charge in [-0.25, -0.2) is 0 Å². The summed E-state index contributed by atoms with van der Waals surface area (Å²) in [7, 11) is 0. The van der Waals surface area contributed by atoms with Gasteiger partial charge in [0.05, 0.1) is 0 Å². The molecule has 1 N–H and O–H groups in total. The summed E-state index contributed by atoms with van der Waals surface area (Å²) in [6.45, 7) is 5.65. The highest BCUT2D eigenvalue weighted by atomic mass is 14.9. The fourth-order valence-corrected chi connectivity index (χ4v) is 3.19. The van der Waals surface area contributed by atoms with Crippen LogP contribution in [0.5, 0.6) is 0 Å². The van der Waals surface area contributed by atoms with Gasteiger partial charge in [0.25, 0.3) is 0 Å². The molecule has 2 aromatic carbocycles. The van der Waals surface area contributed by atoms with Crippen LogP contribution in [0.25, 0.3) is 0 Å². The zero-order valence-corrected chi connectivity index (χ0v) is 11.7. The highest BCUT2D eigenvalue weighted by molar-refractivity contribution is 5.37. The van der Waals surface area contributed by atoms with Crippen LogP contribution < -0.4 is 5.32 Å². The highest BCUT2D eigenvalue weighted by Gasteiger charge is 2.38. The predicted octanol–water partition coefficient (Wildman–Crippen LogP) is 4.10. The Balaban J connectivity index is 1.80. The molecule has 0 radical (unpaired) electrons. The SMILES string of the molecule is CC1(C)Cc2ccccc2C1NCc1ccccc1. The van der Waals surface area contributed by atoms with Gasteiger partial charge in [-0.15, -0.1) is 0 Å². The van der Waals surface area contributed by atoms with Crippen LogP contribution in [0.2, 0.25) is 0 Å². The van der Waals surface area contributed by atoms with Crippen LogP contribution in [0.4, 0.5) is 0 Å². The molecule has 1 aliphatic carbocycles. The van der Waals surface area contributed by atoms with E-state index in [0.717, 1.165) is 13.0 Å². The first-order chi connectivity index (χ1) is 9.17. The first kappa shape index (κ1) is 12.4. The molecule has 1 nitrogen and oxygen atoms in total. The minimum Gasteiger partial charge on any atom is -0.305 e. The van der Waals surface area contributed by atoms with Gasteiger partial charge in [-0.1, -0.05) is 68.4 Å². The van der Waals surface area contributed by atoms with Crippen LogP contribution in [0, 0.1) is 5.41 Å². The van der Waals surface area contributed by atoms with Crippen LogP contribution in [-0.2, 0) is 13.0 Å². The predicted molar refractivity (Wildman–Crippen MR) is 79.9 cm³/mol. The van der Waals surface area contributed by atoms with Gasteiger partial charge in [0.2, 0.25) is 0 Å². The van der Waals surface area contributed by atoms with E-state index >= 15 is 0 Å². The first-order valence-electron chi connectivity index (χ1n) is 7.02. The maximum Gasteiger partial charge on any atom is 0.0380 e. The summed E-state index contributed by atoms with van der Waals surface area (Å²) in [6.07, 6.45) is 1.16. The average Bonchev–Trinajstić information content (AvgIpc) is 2.67. The highest BCUT2D eigenvalue weighted by Crippen LogP contribution is 2.45. The summed E-state index contributed by atoms with van der Waals surface area (Å²) in [6, 6.07) is 19.9. The third-order valence-electron chi connectivity index (χ3n) is 4.15. The summed E-state index contributed by atoms with van der Waals surface area (Å²) < 4.78 is 0. The molecule has 1 unspecified atom stereocenters. The molecule has 0 saturated carbocycles. The summed E-state index contributed by atoms with van der Waals surface area (Å²) in [5.41, 5.74) is 4.61. The zero-order chi connectivity index (χ0) is 13.3. The third-order valence-corrected chi connectivity index (χ3v) is 4.15. The number of hydrogen-bond acceptors (Lipinski definition) is 1. The molecule has 0 saturated heterocycles. The van der Waals surface area contributed by atoms with E-state index in [-0.39, 0.29) is 0 Å². The lowest BCUT2D eigenvalue weighted by molar-refractivity contribution is 0.268. The third kappa shape index (κ3) is 2.43. The Labute approximate surface area is 115 Å². The second-order valence-electron chi connectivity index (χ2n) is 6.16. The van der Waals surface area contributed by atoms with Gasteiger partial charge in [0.15, 0.2) is 0 Å². The van der Waals surface area contributed by atoms with Crippen LogP contribution in [-0.4, -0.2) is 0 Å². The largest absolute Gasteiger partial charge is 0.305 e. The van der Waals surface area contributed by atoms with Gasteiger partial charge in [-0.05, 0) is 28.5 Å². The molecule has 3 rings (SSSR count). The molecular weight excluding hydrogens is 230 g/mol. The molecule has 98 valence electrons. The summed E-state index contributed by atoms with van der Waals surface area (Å²) in [4.78, 5) is 0. The lowest BCUT2D eigenvalue weighted by Crippen LogP contribution is -2.30. The lowest BCUT2D eigenvalue weighted by atomic mass is 9.85. The average molecular weight is 251 g/mol. The van der Waals surface area contributed by atoms with Crippen molar-refractivity contribution >= 4 is 0 Å². The van der Waals surface area contributed by atoms with Crippen molar-refractivity contribution in [2.24, 2.45) is 5.41 Å². The maximum absolute atomic E-state index is 3.74. The fraction of sp³-hybridized carbons (Fsp3) is 0.333. The summed E-state index contributed by atoms with van der Waals surface area (Å²) in [5.74, 6) is 0. The monoisotopic (exact) mass is 251 g/mol. The lowest BCUT2D eigenvalue weighted by Gasteiger charge is -2.28. The van der Waals surface area contributed by atoms with E-state index in [0.29, 0.717) is 11.5 Å². The van der Waals surface area contributed by atoms with Crippen LogP contribution >= 0.6 is 0 Å². The minimum atomic E-state index is 0.290. The van der Waals surface area contributed by atoms with Crippen molar-refractivity contribution in [2.45, 2.75) is 32.9 Å². The molecule has 2 aromatic rings. The molecule has 1 atom stereocenters. The van der Waals surface area contributed by atoms with E-state index in [9.17, 15) is 0 Å². The smallest absolute Gasteiger partial charge is 0.0380 e. The Bertz CT molecular complexity index is 557. The van der Waals surface area contributed by atoms with E-state index in [1.54, 1.807) is 0 Å². The fourth-order valence-electron chi connectivity index (χ4n) is 3.19. The first-order valence-corrected chi connectivity index (χ1v) is 7.02. The van der Waals surface area contributed by atoms with Crippen molar-refractivity contribution in [3.8, 4) is 0 Å². The Morgan fingerprint density at radius 2 is 1.68 bits per heavy atom. The van der Waals surface area contributed by atoms with E-state index in [1.807, 2.05) is 0 Å². The molecule has 0 aliphatic heterocycles. The van der Waals surface area contributed by atoms with Crippen molar-refractivity contribution < 1.29 is 0 Å². The van der Waals surface area contributed by atoms with Crippen molar-refractivity contribution in [1.29, 1.82) is 0 Å². The number of fused-ring (bicyclic) bond motifs is 1. The van der Waals surface area contributed by atoms with Gasteiger partial charge in [0, 0.05) is 12.6 Å². The van der Waals surface area contributed by atoms with Crippen LogP contribution in [0.3, 0.4) is 0 Å². The molecule has 0 spiro atoms. The molecule has 0 fully saturated rings. The molecule has 1 heteroatoms. The Morgan fingerprint density at radius 3 is 2.47 bits per heavy atom. The second-order valence-corrected chi connectivity index (χ2v) is 6.16. The molecule has 1 aliphatic rings. The van der Waals surface area contributed by atoms with E-state index in [1.165, 1.54) is 16.7 Å². The topological polar surface area (TPSA) is 12.0 Å². The normalized spacial score (nSPS) is 20.2. The summed E-state index contributed by atoms with van der Waals surface area (Å²) >= 11 is 0. The second kappa shape index (κ2) is 4.82. The Hall–Kier alpha value is -1.60. The van der Waals surface area contributed by atoms with Crippen LogP contribution in [0.1, 0.15) is 36.6 Å². The number of hydrogen-bond donors (Lipinski definition) is 1. The van der Waals surface area contributed by atoms with Gasteiger partial charge >= 0.3 is 0 Å². The number of benzene rings is 2. The quantitative estimate of drug-likeness (QED) is 0.866. The van der Waals surface area contributed by atoms with Crippen molar-refractivity contribution in [2.75, 3.05) is 0 Å². The molecule has 0 bridgehead atoms. The molecule has 0 aromatic heterocycles. The molecule has 0 amide bonds. The number of rotatable bonds is 3. The van der Waals surface area contributed by atoms with Gasteiger partial charge in [-0.3, -0.25) is 0 Å². The zero-order valence-electron chi connectivity index (χ0n) is 11.7. The van der Waals surface area contributed by atoms with Crippen molar-refractivity contribution in [3.63, 3.8) is 0 Å². The van der Waals surface area contributed by atoms with Gasteiger partial charge in [0.1, 0.15) is 0 Å². The molecule has 19 heavy (non-hydrogen) atoms. The molecule has 0 heterocycles. The van der Waals surface area contributed by atoms with E-state index < -0.39 is 0 Å². The van der Waals surface area contributed by atoms with Crippen LogP contribution in [0.15, 0.2) is 54.6 Å². The molecular formula is C18H21N.